The number of amides is 1. The first-order valence-corrected chi connectivity index (χ1v) is 10.6. The van der Waals surface area contributed by atoms with E-state index in [2.05, 4.69) is 25.6 Å². The van der Waals surface area contributed by atoms with Crippen LogP contribution >= 0.6 is 0 Å². The summed E-state index contributed by atoms with van der Waals surface area (Å²) in [5.41, 5.74) is 1.50. The number of sulfonamides is 1. The Hall–Kier alpha value is -3.18. The molecule has 30 heavy (non-hydrogen) atoms. The first-order chi connectivity index (χ1) is 14.1. The molecule has 1 amide bonds. The van der Waals surface area contributed by atoms with E-state index in [9.17, 15) is 17.6 Å². The van der Waals surface area contributed by atoms with Crippen molar-refractivity contribution in [2.24, 2.45) is 0 Å². The highest BCUT2D eigenvalue weighted by atomic mass is 32.2. The molecule has 0 aliphatic carbocycles. The fourth-order valence-electron chi connectivity index (χ4n) is 2.79. The molecule has 0 saturated carbocycles. The molecular weight excluding hydrogens is 411 g/mol. The van der Waals surface area contributed by atoms with E-state index in [1.807, 2.05) is 6.92 Å². The minimum absolute atomic E-state index is 0.198. The monoisotopic (exact) mass is 432 g/mol. The Morgan fingerprint density at radius 1 is 1.13 bits per heavy atom. The third-order valence-electron chi connectivity index (χ3n) is 4.20. The molecule has 2 aromatic carbocycles. The summed E-state index contributed by atoms with van der Waals surface area (Å²) < 4.78 is 42.9. The van der Waals surface area contributed by atoms with Crippen LogP contribution in [-0.4, -0.2) is 40.6 Å². The van der Waals surface area contributed by atoms with Gasteiger partial charge >= 0.3 is 0 Å². The average Bonchev–Trinajstić information content (AvgIpc) is 3.08. The molecule has 9 nitrogen and oxygen atoms in total. The number of benzene rings is 2. The second kappa shape index (κ2) is 8.28. The molecule has 1 aromatic heterocycles. The summed E-state index contributed by atoms with van der Waals surface area (Å²) in [5, 5.41) is 13.9. The zero-order valence-electron chi connectivity index (χ0n) is 16.8. The molecular formula is C19H21FN6O3S. The molecule has 0 saturated heterocycles. The van der Waals surface area contributed by atoms with Gasteiger partial charge in [-0.1, -0.05) is 6.07 Å². The van der Waals surface area contributed by atoms with Crippen molar-refractivity contribution < 1.29 is 17.6 Å². The molecule has 3 aromatic rings. The second-order valence-electron chi connectivity index (χ2n) is 7.01. The van der Waals surface area contributed by atoms with Gasteiger partial charge in [0.05, 0.1) is 16.1 Å². The highest BCUT2D eigenvalue weighted by molar-refractivity contribution is 7.89. The lowest BCUT2D eigenvalue weighted by Crippen LogP contribution is -2.30. The molecule has 0 fully saturated rings. The molecule has 0 aliphatic heterocycles. The maximum absolute atomic E-state index is 14.3. The van der Waals surface area contributed by atoms with Crippen molar-refractivity contribution in [3.05, 3.63) is 59.2 Å². The molecule has 0 aliphatic rings. The maximum atomic E-state index is 14.3. The van der Waals surface area contributed by atoms with Crippen molar-refractivity contribution in [2.75, 3.05) is 5.32 Å². The van der Waals surface area contributed by atoms with E-state index in [1.54, 1.807) is 39.0 Å². The van der Waals surface area contributed by atoms with Gasteiger partial charge in [-0.05, 0) is 74.0 Å². The quantitative estimate of drug-likeness (QED) is 0.617. The smallest absolute Gasteiger partial charge is 0.258 e. The van der Waals surface area contributed by atoms with Crippen LogP contribution < -0.4 is 10.0 Å². The molecule has 158 valence electrons. The number of aromatic nitrogens is 4. The van der Waals surface area contributed by atoms with Crippen LogP contribution in [0.25, 0.3) is 5.69 Å². The van der Waals surface area contributed by atoms with E-state index >= 15 is 0 Å². The largest absolute Gasteiger partial charge is 0.322 e. The van der Waals surface area contributed by atoms with Gasteiger partial charge in [0.2, 0.25) is 10.0 Å². The van der Waals surface area contributed by atoms with Gasteiger partial charge in [0.25, 0.3) is 5.91 Å². The topological polar surface area (TPSA) is 119 Å². The average molecular weight is 432 g/mol. The van der Waals surface area contributed by atoms with Crippen molar-refractivity contribution in [3.8, 4) is 5.69 Å². The van der Waals surface area contributed by atoms with Gasteiger partial charge in [-0.2, -0.15) is 4.68 Å². The van der Waals surface area contributed by atoms with E-state index in [1.165, 1.54) is 4.68 Å². The number of tetrazole rings is 1. The molecule has 11 heteroatoms. The van der Waals surface area contributed by atoms with Crippen LogP contribution in [0.2, 0.25) is 0 Å². The van der Waals surface area contributed by atoms with Crippen LogP contribution in [0.1, 0.15) is 35.6 Å². The lowest BCUT2D eigenvalue weighted by Gasteiger charge is -2.13. The summed E-state index contributed by atoms with van der Waals surface area (Å²) in [6.45, 7) is 6.92. The van der Waals surface area contributed by atoms with Crippen molar-refractivity contribution in [1.82, 2.24) is 24.9 Å². The van der Waals surface area contributed by atoms with E-state index in [4.69, 9.17) is 0 Å². The van der Waals surface area contributed by atoms with Crippen molar-refractivity contribution in [2.45, 2.75) is 38.6 Å². The molecule has 2 N–H and O–H groups in total. The highest BCUT2D eigenvalue weighted by Gasteiger charge is 2.20. The number of aryl methyl sites for hydroxylation is 2. The number of nitrogens with zero attached hydrogens (tertiary/aromatic N) is 4. The number of hydrogen-bond donors (Lipinski definition) is 2. The predicted molar refractivity (Wildman–Crippen MR) is 108 cm³/mol. The minimum atomic E-state index is -3.87. The van der Waals surface area contributed by atoms with Gasteiger partial charge in [0, 0.05) is 11.7 Å². The summed E-state index contributed by atoms with van der Waals surface area (Å²) in [6.07, 6.45) is 0. The van der Waals surface area contributed by atoms with Crippen molar-refractivity contribution in [3.63, 3.8) is 0 Å². The van der Waals surface area contributed by atoms with Crippen LogP contribution in [0.4, 0.5) is 10.1 Å². The van der Waals surface area contributed by atoms with Crippen molar-refractivity contribution >= 4 is 21.6 Å². The van der Waals surface area contributed by atoms with E-state index in [-0.39, 0.29) is 16.5 Å². The summed E-state index contributed by atoms with van der Waals surface area (Å²) in [4.78, 5) is 12.5. The second-order valence-corrected chi connectivity index (χ2v) is 8.72. The number of hydrogen-bond acceptors (Lipinski definition) is 6. The molecule has 3 rings (SSSR count). The molecule has 1 heterocycles. The standard InChI is InChI=1S/C19H21FN6O3S/c1-11(2)23-30(28,29)15-7-8-17(20)16(10-15)19(27)21-14-6-5-12(3)18(9-14)26-13(4)22-24-25-26/h5-11,23H,1-4H3,(H,21,27). The SMILES string of the molecule is Cc1ccc(NC(=O)c2cc(S(=O)(=O)NC(C)C)ccc2F)cc1-n1nnnc1C. The number of halogens is 1. The van der Waals surface area contributed by atoms with Crippen LogP contribution in [0, 0.1) is 19.7 Å². The van der Waals surface area contributed by atoms with Crippen LogP contribution in [0.5, 0.6) is 0 Å². The number of carbonyl (C=O) groups excluding carboxylic acids is 1. The van der Waals surface area contributed by atoms with Gasteiger partial charge in [-0.25, -0.2) is 17.5 Å². The first kappa shape index (κ1) is 21.5. The normalized spacial score (nSPS) is 11.7. The summed E-state index contributed by atoms with van der Waals surface area (Å²) >= 11 is 0. The van der Waals surface area contributed by atoms with E-state index in [0.717, 1.165) is 23.8 Å². The van der Waals surface area contributed by atoms with Crippen LogP contribution in [-0.2, 0) is 10.0 Å². The van der Waals surface area contributed by atoms with Crippen LogP contribution in [0.15, 0.2) is 41.3 Å². The molecule has 0 bridgehead atoms. The van der Waals surface area contributed by atoms with Gasteiger partial charge in [0.1, 0.15) is 5.82 Å². The molecule has 0 atom stereocenters. The predicted octanol–water partition coefficient (Wildman–Crippen LogP) is 2.36. The fraction of sp³-hybridized carbons (Fsp3) is 0.263. The minimum Gasteiger partial charge on any atom is -0.322 e. The molecule has 0 spiro atoms. The Balaban J connectivity index is 1.92. The van der Waals surface area contributed by atoms with Gasteiger partial charge in [-0.3, -0.25) is 4.79 Å². The first-order valence-electron chi connectivity index (χ1n) is 9.07. The maximum Gasteiger partial charge on any atom is 0.258 e. The third kappa shape index (κ3) is 4.52. The van der Waals surface area contributed by atoms with Crippen molar-refractivity contribution in [1.29, 1.82) is 0 Å². The lowest BCUT2D eigenvalue weighted by molar-refractivity contribution is 0.102. The Kier molecular flexibility index (Phi) is 5.94. The Morgan fingerprint density at radius 3 is 2.50 bits per heavy atom. The van der Waals surface area contributed by atoms with Gasteiger partial charge in [0.15, 0.2) is 5.82 Å². The summed E-state index contributed by atoms with van der Waals surface area (Å²) in [7, 11) is -3.87. The van der Waals surface area contributed by atoms with E-state index < -0.39 is 21.7 Å². The fourth-order valence-corrected chi connectivity index (χ4v) is 4.07. The van der Waals surface area contributed by atoms with Gasteiger partial charge in [-0.15, -0.1) is 5.10 Å². The summed E-state index contributed by atoms with van der Waals surface area (Å²) in [5.74, 6) is -1.06. The van der Waals surface area contributed by atoms with Gasteiger partial charge < -0.3 is 5.32 Å². The zero-order valence-corrected chi connectivity index (χ0v) is 17.7. The molecule has 0 radical (unpaired) electrons. The van der Waals surface area contributed by atoms with E-state index in [0.29, 0.717) is 17.2 Å². The zero-order chi connectivity index (χ0) is 22.1. The number of nitrogens with one attached hydrogen (secondary N) is 2. The summed E-state index contributed by atoms with van der Waals surface area (Å²) in [6, 6.07) is 7.78. The Labute approximate surface area is 173 Å². The number of carbonyl (C=O) groups is 1. The Bertz CT molecular complexity index is 1210. The number of anilines is 1. The van der Waals surface area contributed by atoms with Crippen LogP contribution in [0.3, 0.4) is 0 Å². The number of rotatable bonds is 6. The highest BCUT2D eigenvalue weighted by Crippen LogP contribution is 2.21. The lowest BCUT2D eigenvalue weighted by atomic mass is 10.1. The third-order valence-corrected chi connectivity index (χ3v) is 5.86. The molecule has 0 unspecified atom stereocenters. The Morgan fingerprint density at radius 2 is 1.87 bits per heavy atom.